The van der Waals surface area contributed by atoms with Gasteiger partial charge >= 0.3 is 0 Å². The molecule has 0 bridgehead atoms. The fourth-order valence-electron chi connectivity index (χ4n) is 4.80. The van der Waals surface area contributed by atoms with Gasteiger partial charge in [0.1, 0.15) is 17.5 Å². The van der Waals surface area contributed by atoms with Gasteiger partial charge in [0.25, 0.3) is 5.91 Å². The first-order chi connectivity index (χ1) is 18.4. The third kappa shape index (κ3) is 4.79. The molecular formula is C27H29N7O4. The molecule has 196 valence electrons. The van der Waals surface area contributed by atoms with Crippen molar-refractivity contribution in [2.45, 2.75) is 51.7 Å². The fourth-order valence-corrected chi connectivity index (χ4v) is 4.80. The van der Waals surface area contributed by atoms with E-state index >= 15 is 0 Å². The lowest BCUT2D eigenvalue weighted by atomic mass is 10.0. The van der Waals surface area contributed by atoms with Crippen LogP contribution in [0.4, 0.5) is 5.82 Å². The Labute approximate surface area is 219 Å². The van der Waals surface area contributed by atoms with Crippen molar-refractivity contribution >= 4 is 28.7 Å². The normalized spacial score (nSPS) is 16.8. The lowest BCUT2D eigenvalue weighted by Crippen LogP contribution is -2.45. The molecule has 0 saturated carbocycles. The third-order valence-corrected chi connectivity index (χ3v) is 6.91. The number of nitrogens with two attached hydrogens (primary N) is 1. The first kappa shape index (κ1) is 25.2. The van der Waals surface area contributed by atoms with E-state index in [2.05, 4.69) is 38.5 Å². The molecule has 1 atom stereocenters. The Bertz CT molecular complexity index is 1450. The Morgan fingerprint density at radius 2 is 1.97 bits per heavy atom. The number of anilines is 1. The van der Waals surface area contributed by atoms with Gasteiger partial charge in [-0.1, -0.05) is 29.5 Å². The van der Waals surface area contributed by atoms with Crippen molar-refractivity contribution in [3.05, 3.63) is 58.9 Å². The van der Waals surface area contributed by atoms with Gasteiger partial charge in [-0.25, -0.2) is 0 Å². The number of ketones is 1. The molecule has 4 heterocycles. The zero-order chi connectivity index (χ0) is 26.8. The summed E-state index contributed by atoms with van der Waals surface area (Å²) in [6.45, 7) is 3.72. The maximum atomic E-state index is 12.5. The summed E-state index contributed by atoms with van der Waals surface area (Å²) in [7, 11) is 0. The quantitative estimate of drug-likeness (QED) is 0.369. The third-order valence-electron chi connectivity index (χ3n) is 6.91. The van der Waals surface area contributed by atoms with Gasteiger partial charge in [0.15, 0.2) is 17.5 Å². The standard InChI is InChI=1S/C27H29N7O4/c1-16(32-37)27(36)33-12-10-20(11-13-33)38-26-23(17(2)35)24(28)34-25(31-26)21(15-30-34)19-8-9-22(29-14-19)18-6-4-3-5-7-18/h4,6-9,14-16,20H,3,5,10-13,28H2,1-2H3/t16-/m1/s1. The number of aromatic nitrogens is 4. The lowest BCUT2D eigenvalue weighted by Gasteiger charge is -2.32. The van der Waals surface area contributed by atoms with E-state index in [-0.39, 0.29) is 35.1 Å². The summed E-state index contributed by atoms with van der Waals surface area (Å²) < 4.78 is 7.64. The Hall–Kier alpha value is -4.41. The molecule has 1 aliphatic heterocycles. The molecule has 2 aliphatic rings. The summed E-state index contributed by atoms with van der Waals surface area (Å²) in [4.78, 5) is 46.5. The average molecular weight is 516 g/mol. The molecular weight excluding hydrogens is 486 g/mol. The van der Waals surface area contributed by atoms with Gasteiger partial charge in [-0.05, 0) is 38.3 Å². The molecule has 1 amide bonds. The van der Waals surface area contributed by atoms with Crippen molar-refractivity contribution in [3.63, 3.8) is 0 Å². The second kappa shape index (κ2) is 10.5. The number of nitrogen functional groups attached to an aromatic ring is 1. The summed E-state index contributed by atoms with van der Waals surface area (Å²) in [5.74, 6) is -0.309. The van der Waals surface area contributed by atoms with E-state index < -0.39 is 6.04 Å². The molecule has 0 unspecified atom stereocenters. The second-order valence-corrected chi connectivity index (χ2v) is 9.52. The molecule has 0 aromatic carbocycles. The van der Waals surface area contributed by atoms with E-state index in [0.717, 1.165) is 29.7 Å². The summed E-state index contributed by atoms with van der Waals surface area (Å²) in [6, 6.07) is 3.00. The number of carbonyl (C=O) groups is 2. The van der Waals surface area contributed by atoms with E-state index in [1.165, 1.54) is 18.4 Å². The van der Waals surface area contributed by atoms with Crippen LogP contribution < -0.4 is 10.5 Å². The van der Waals surface area contributed by atoms with E-state index in [1.54, 1.807) is 17.3 Å². The Kier molecular flexibility index (Phi) is 6.99. The van der Waals surface area contributed by atoms with Crippen LogP contribution in [0, 0.1) is 4.91 Å². The van der Waals surface area contributed by atoms with Crippen LogP contribution in [-0.2, 0) is 4.79 Å². The lowest BCUT2D eigenvalue weighted by molar-refractivity contribution is -0.133. The van der Waals surface area contributed by atoms with E-state index in [0.29, 0.717) is 37.1 Å². The predicted molar refractivity (Wildman–Crippen MR) is 142 cm³/mol. The number of hydrogen-bond acceptors (Lipinski definition) is 9. The minimum Gasteiger partial charge on any atom is -0.474 e. The number of piperidine rings is 1. The topological polar surface area (TPSA) is 145 Å². The van der Waals surface area contributed by atoms with Crippen molar-refractivity contribution < 1.29 is 14.3 Å². The van der Waals surface area contributed by atoms with Crippen LogP contribution in [0.5, 0.6) is 5.88 Å². The number of hydrogen-bond donors (Lipinski definition) is 1. The smallest absolute Gasteiger partial charge is 0.250 e. The van der Waals surface area contributed by atoms with E-state index in [1.807, 2.05) is 12.1 Å². The highest BCUT2D eigenvalue weighted by Crippen LogP contribution is 2.32. The first-order valence-corrected chi connectivity index (χ1v) is 12.7. The second-order valence-electron chi connectivity index (χ2n) is 9.52. The number of allylic oxidation sites excluding steroid dienone is 4. The predicted octanol–water partition coefficient (Wildman–Crippen LogP) is 3.83. The van der Waals surface area contributed by atoms with E-state index in [9.17, 15) is 14.5 Å². The summed E-state index contributed by atoms with van der Waals surface area (Å²) in [5.41, 5.74) is 10.5. The average Bonchev–Trinajstić information content (AvgIpc) is 3.37. The Balaban J connectivity index is 1.43. The van der Waals surface area contributed by atoms with Gasteiger partial charge in [0.2, 0.25) is 5.88 Å². The van der Waals surface area contributed by atoms with Gasteiger partial charge in [0.05, 0.1) is 11.9 Å². The van der Waals surface area contributed by atoms with Crippen LogP contribution in [-0.4, -0.2) is 61.4 Å². The summed E-state index contributed by atoms with van der Waals surface area (Å²) >= 11 is 0. The summed E-state index contributed by atoms with van der Waals surface area (Å²) in [5, 5.41) is 7.21. The molecule has 1 fully saturated rings. The molecule has 11 nitrogen and oxygen atoms in total. The van der Waals surface area contributed by atoms with Crippen LogP contribution in [0.3, 0.4) is 0 Å². The molecule has 0 radical (unpaired) electrons. The summed E-state index contributed by atoms with van der Waals surface area (Å²) in [6.07, 6.45) is 12.6. The highest BCUT2D eigenvalue weighted by atomic mass is 16.5. The van der Waals surface area contributed by atoms with Gasteiger partial charge < -0.3 is 15.4 Å². The molecule has 0 spiro atoms. The molecule has 5 rings (SSSR count). The Morgan fingerprint density at radius 1 is 1.18 bits per heavy atom. The molecule has 3 aromatic heterocycles. The highest BCUT2D eigenvalue weighted by molar-refractivity contribution is 6.01. The minimum absolute atomic E-state index is 0.138. The monoisotopic (exact) mass is 515 g/mol. The van der Waals surface area contributed by atoms with Gasteiger partial charge in [0, 0.05) is 43.3 Å². The number of ether oxygens (including phenoxy) is 1. The molecule has 1 aliphatic carbocycles. The van der Waals surface area contributed by atoms with Crippen LogP contribution in [0.15, 0.2) is 47.9 Å². The van der Waals surface area contributed by atoms with Gasteiger partial charge in [-0.15, -0.1) is 4.91 Å². The number of fused-ring (bicyclic) bond motifs is 1. The molecule has 3 aromatic rings. The number of carbonyl (C=O) groups excluding carboxylic acids is 2. The Morgan fingerprint density at radius 3 is 2.61 bits per heavy atom. The maximum absolute atomic E-state index is 12.5. The number of rotatable bonds is 7. The number of amides is 1. The van der Waals surface area contributed by atoms with Crippen LogP contribution >= 0.6 is 0 Å². The maximum Gasteiger partial charge on any atom is 0.250 e. The van der Waals surface area contributed by atoms with Crippen molar-refractivity contribution in [3.8, 4) is 17.0 Å². The number of Topliss-reactive ketones (excluding diaryl/α,β-unsaturated/α-hetero) is 1. The van der Waals surface area contributed by atoms with Crippen molar-refractivity contribution in [1.82, 2.24) is 24.5 Å². The largest absolute Gasteiger partial charge is 0.474 e. The zero-order valence-corrected chi connectivity index (χ0v) is 21.3. The number of pyridine rings is 1. The number of nitrogens with zero attached hydrogens (tertiary/aromatic N) is 6. The van der Waals surface area contributed by atoms with E-state index in [4.69, 9.17) is 10.5 Å². The van der Waals surface area contributed by atoms with Gasteiger partial charge in [-0.3, -0.25) is 14.6 Å². The van der Waals surface area contributed by atoms with Crippen LogP contribution in [0.1, 0.15) is 55.6 Å². The van der Waals surface area contributed by atoms with Crippen LogP contribution in [0.25, 0.3) is 22.3 Å². The minimum atomic E-state index is -0.916. The first-order valence-electron chi connectivity index (χ1n) is 12.7. The fraction of sp³-hybridized carbons (Fsp3) is 0.370. The van der Waals surface area contributed by atoms with Crippen molar-refractivity contribution in [2.24, 2.45) is 5.18 Å². The van der Waals surface area contributed by atoms with Crippen molar-refractivity contribution in [2.75, 3.05) is 18.8 Å². The SMILES string of the molecule is CC(=O)c1c(OC2CCN(C(=O)[C@@H](C)N=O)CC2)nc2c(-c3ccc(C4=CCCC=C4)nc3)cnn2c1N. The molecule has 2 N–H and O–H groups in total. The molecule has 1 saturated heterocycles. The molecule has 11 heteroatoms. The van der Waals surface area contributed by atoms with Crippen molar-refractivity contribution in [1.29, 1.82) is 0 Å². The zero-order valence-electron chi connectivity index (χ0n) is 21.3. The number of nitroso groups, excluding NO2 is 1. The number of likely N-dealkylation sites (tertiary alicyclic amines) is 1. The molecule has 38 heavy (non-hydrogen) atoms. The van der Waals surface area contributed by atoms with Crippen LogP contribution in [0.2, 0.25) is 0 Å². The van der Waals surface area contributed by atoms with Gasteiger partial charge in [-0.2, -0.15) is 14.6 Å². The highest BCUT2D eigenvalue weighted by Gasteiger charge is 2.29.